The van der Waals surface area contributed by atoms with Crippen LogP contribution >= 0.6 is 0 Å². The molecular formula is C44H62N4O6. The smallest absolute Gasteiger partial charge is 0.322 e. The van der Waals surface area contributed by atoms with E-state index < -0.39 is 5.41 Å². The van der Waals surface area contributed by atoms with Gasteiger partial charge >= 0.3 is 11.9 Å². The summed E-state index contributed by atoms with van der Waals surface area (Å²) >= 11 is 0. The number of hydrogen-bond acceptors (Lipinski definition) is 9. The van der Waals surface area contributed by atoms with E-state index in [4.69, 9.17) is 18.9 Å². The molecule has 0 bridgehead atoms. The summed E-state index contributed by atoms with van der Waals surface area (Å²) in [7, 11) is 7.08. The first-order valence-corrected chi connectivity index (χ1v) is 19.9. The lowest BCUT2D eigenvalue weighted by Gasteiger charge is -2.56. The van der Waals surface area contributed by atoms with Crippen molar-refractivity contribution in [2.75, 3.05) is 59.5 Å². The number of fused-ring (bicyclic) bond motifs is 4. The number of aromatic amines is 1. The predicted molar refractivity (Wildman–Crippen MR) is 214 cm³/mol. The Labute approximate surface area is 321 Å². The Hall–Kier alpha value is -3.86. The number of aromatic nitrogens is 1. The summed E-state index contributed by atoms with van der Waals surface area (Å²) in [5.74, 6) is 0.157. The highest BCUT2D eigenvalue weighted by Gasteiger charge is 2.54. The highest BCUT2D eigenvalue weighted by molar-refractivity contribution is 5.94. The zero-order valence-corrected chi connectivity index (χ0v) is 33.9. The van der Waals surface area contributed by atoms with Crippen molar-refractivity contribution in [2.45, 2.75) is 103 Å². The maximum atomic E-state index is 14.8. The van der Waals surface area contributed by atoms with Crippen LogP contribution in [0.2, 0.25) is 0 Å². The molecule has 7 atom stereocenters. The summed E-state index contributed by atoms with van der Waals surface area (Å²) in [6.45, 7) is 13.6. The molecule has 294 valence electrons. The largest absolute Gasteiger partial charge is 0.496 e. The lowest BCUT2D eigenvalue weighted by molar-refractivity contribution is -0.160. The number of rotatable bonds is 9. The fraction of sp³-hybridized carbons (Fsp3) is 0.591. The summed E-state index contributed by atoms with van der Waals surface area (Å²) in [4.78, 5) is 36.0. The fourth-order valence-corrected chi connectivity index (χ4v) is 10.3. The molecular weight excluding hydrogens is 681 g/mol. The highest BCUT2D eigenvalue weighted by atomic mass is 16.5. The van der Waals surface area contributed by atoms with Gasteiger partial charge in [0.15, 0.2) is 0 Å². The van der Waals surface area contributed by atoms with E-state index in [0.29, 0.717) is 18.6 Å². The Morgan fingerprint density at radius 2 is 1.85 bits per heavy atom. The minimum absolute atomic E-state index is 0.00391. The minimum atomic E-state index is -1.19. The number of nitrogens with zero attached hydrogens (tertiary/aromatic N) is 2. The van der Waals surface area contributed by atoms with Crippen LogP contribution in [-0.4, -0.2) is 101 Å². The van der Waals surface area contributed by atoms with E-state index in [1.54, 1.807) is 14.2 Å². The van der Waals surface area contributed by atoms with Gasteiger partial charge in [0, 0.05) is 92.0 Å². The first-order valence-electron chi connectivity index (χ1n) is 19.9. The second kappa shape index (κ2) is 16.5. The number of methoxy groups -OCH3 is 3. The molecule has 2 aromatic carbocycles. The predicted octanol–water partition coefficient (Wildman–Crippen LogP) is 6.71. The Morgan fingerprint density at radius 3 is 2.54 bits per heavy atom. The third-order valence-electron chi connectivity index (χ3n) is 13.0. The van der Waals surface area contributed by atoms with E-state index in [0.717, 1.165) is 90.8 Å². The van der Waals surface area contributed by atoms with Crippen molar-refractivity contribution in [1.29, 1.82) is 0 Å². The van der Waals surface area contributed by atoms with Crippen LogP contribution in [0.1, 0.15) is 82.2 Å². The second-order valence-electron chi connectivity index (χ2n) is 15.9. The molecule has 6 rings (SSSR count). The van der Waals surface area contributed by atoms with Gasteiger partial charge in [-0.05, 0) is 81.3 Å². The highest BCUT2D eigenvalue weighted by Crippen LogP contribution is 2.51. The van der Waals surface area contributed by atoms with Gasteiger partial charge in [0.05, 0.1) is 20.3 Å². The number of aryl methyl sites for hydroxylation is 1. The van der Waals surface area contributed by atoms with Gasteiger partial charge < -0.3 is 34.1 Å². The van der Waals surface area contributed by atoms with Gasteiger partial charge in [0.1, 0.15) is 17.3 Å². The maximum absolute atomic E-state index is 14.8. The summed E-state index contributed by atoms with van der Waals surface area (Å²) in [5, 5.41) is 4.72. The van der Waals surface area contributed by atoms with Crippen molar-refractivity contribution in [2.24, 2.45) is 11.3 Å². The zero-order chi connectivity index (χ0) is 38.8. The van der Waals surface area contributed by atoms with Crippen molar-refractivity contribution >= 4 is 28.5 Å². The molecule has 10 nitrogen and oxygen atoms in total. The third-order valence-corrected chi connectivity index (χ3v) is 13.0. The molecule has 2 aliphatic heterocycles. The fourth-order valence-electron chi connectivity index (χ4n) is 10.3. The zero-order valence-electron chi connectivity index (χ0n) is 33.9. The second-order valence-corrected chi connectivity index (χ2v) is 15.9. The van der Waals surface area contributed by atoms with E-state index in [9.17, 15) is 9.59 Å². The van der Waals surface area contributed by atoms with Crippen LogP contribution in [0.4, 0.5) is 5.69 Å². The number of esters is 2. The molecule has 5 unspecified atom stereocenters. The quantitative estimate of drug-likeness (QED) is 0.183. The van der Waals surface area contributed by atoms with Gasteiger partial charge in [-0.25, -0.2) is 0 Å². The van der Waals surface area contributed by atoms with Gasteiger partial charge in [-0.3, -0.25) is 14.5 Å². The molecule has 0 spiro atoms. The number of likely N-dealkylation sites (N-methyl/N-ethyl adjacent to an activating group) is 1. The van der Waals surface area contributed by atoms with E-state index in [1.807, 2.05) is 6.07 Å². The topological polar surface area (TPSA) is 105 Å². The van der Waals surface area contributed by atoms with Crippen molar-refractivity contribution in [3.05, 3.63) is 70.9 Å². The Bertz CT molecular complexity index is 1840. The molecule has 1 saturated carbocycles. The first kappa shape index (κ1) is 39.8. The summed E-state index contributed by atoms with van der Waals surface area (Å²) in [5.41, 5.74) is 4.35. The van der Waals surface area contributed by atoms with Crippen LogP contribution in [0.25, 0.3) is 10.9 Å². The molecule has 1 fully saturated rings. The summed E-state index contributed by atoms with van der Waals surface area (Å²) in [6, 6.07) is 12.9. The monoisotopic (exact) mass is 742 g/mol. The molecule has 3 aromatic rings. The average molecular weight is 743 g/mol. The normalized spacial score (nSPS) is 29.1. The van der Waals surface area contributed by atoms with Gasteiger partial charge in [0.25, 0.3) is 0 Å². The van der Waals surface area contributed by atoms with Crippen LogP contribution in [0.3, 0.4) is 0 Å². The summed E-state index contributed by atoms with van der Waals surface area (Å²) in [6.07, 6.45) is 8.86. The van der Waals surface area contributed by atoms with Crippen LogP contribution in [0.5, 0.6) is 5.75 Å². The Kier molecular flexibility index (Phi) is 12.1. The van der Waals surface area contributed by atoms with Crippen molar-refractivity contribution in [3.8, 4) is 5.75 Å². The van der Waals surface area contributed by atoms with E-state index in [-0.39, 0.29) is 47.6 Å². The molecule has 1 aliphatic carbocycles. The number of carbonyl (C=O) groups is 2. The Morgan fingerprint density at radius 1 is 1.07 bits per heavy atom. The Balaban J connectivity index is 1.50. The maximum Gasteiger partial charge on any atom is 0.322 e. The number of H-pyrrole nitrogens is 1. The number of hydrogen-bond donors (Lipinski definition) is 2. The number of ether oxygens (including phenoxy) is 4. The SMILES string of the molecule is CCN1CC=CC2(CC)C1CC(N(C)c1cc(OC)c([C@@]3(C(=O)OC)CC(C)CC(OC)CNCCc4c3[nH]c3ccccc43)cc1C)C[C@@H]2OC(C)=O. The molecule has 10 heteroatoms. The molecule has 54 heavy (non-hydrogen) atoms. The van der Waals surface area contributed by atoms with Gasteiger partial charge in [-0.15, -0.1) is 0 Å². The van der Waals surface area contributed by atoms with Crippen molar-refractivity contribution < 1.29 is 28.5 Å². The minimum Gasteiger partial charge on any atom is -0.496 e. The van der Waals surface area contributed by atoms with Gasteiger partial charge in [0.2, 0.25) is 0 Å². The van der Waals surface area contributed by atoms with E-state index in [1.165, 1.54) is 14.0 Å². The first-order chi connectivity index (χ1) is 26.0. The third kappa shape index (κ3) is 7.05. The number of para-hydroxylation sites is 1. The molecule has 0 saturated heterocycles. The lowest BCUT2D eigenvalue weighted by Crippen LogP contribution is -2.62. The number of nitrogens with one attached hydrogen (secondary N) is 2. The molecule has 0 amide bonds. The molecule has 3 aliphatic rings. The standard InChI is InChI=1S/C44H62N4O6/c1-10-43-18-14-20-48(11-2)39(43)23-31(24-40(43)54-30(5)49)47(6)37-25-38(52-8)35(22-29(37)4)44(42(50)53-9)26-28(3)21-32(51-7)27-45-19-17-34-33-15-12-13-16-36(33)46-41(34)44/h12-16,18,22,25,28,31-32,39-40,45-46H,10-11,17,19-21,23-24,26-27H2,1-9H3/t28?,31?,32?,39?,40-,43?,44-/m0/s1. The molecule has 2 N–H and O–H groups in total. The lowest BCUT2D eigenvalue weighted by atomic mass is 9.63. The number of benzene rings is 2. The average Bonchev–Trinajstić information content (AvgIpc) is 3.54. The van der Waals surface area contributed by atoms with Gasteiger partial charge in [-0.1, -0.05) is 51.1 Å². The summed E-state index contributed by atoms with van der Waals surface area (Å²) < 4.78 is 24.3. The molecule has 1 aromatic heterocycles. The number of carbonyl (C=O) groups excluding carboxylic acids is 2. The van der Waals surface area contributed by atoms with Gasteiger partial charge in [-0.2, -0.15) is 0 Å². The van der Waals surface area contributed by atoms with Crippen LogP contribution in [0.15, 0.2) is 48.6 Å². The molecule has 0 radical (unpaired) electrons. The van der Waals surface area contributed by atoms with Crippen molar-refractivity contribution in [3.63, 3.8) is 0 Å². The molecule has 3 heterocycles. The number of anilines is 1. The van der Waals surface area contributed by atoms with Crippen molar-refractivity contribution in [1.82, 2.24) is 15.2 Å². The van der Waals surface area contributed by atoms with Crippen LogP contribution in [-0.2, 0) is 35.6 Å². The van der Waals surface area contributed by atoms with Crippen LogP contribution < -0.4 is 15.0 Å². The van der Waals surface area contributed by atoms with E-state index in [2.05, 4.69) is 97.3 Å². The van der Waals surface area contributed by atoms with E-state index >= 15 is 0 Å². The van der Waals surface area contributed by atoms with Crippen LogP contribution in [0, 0.1) is 18.3 Å².